The molecule has 0 saturated carbocycles. The molecule has 104 valence electrons. The van der Waals surface area contributed by atoms with Crippen LogP contribution in [0.25, 0.3) is 0 Å². The number of hydrogen-bond acceptors (Lipinski definition) is 3. The third-order valence-corrected chi connectivity index (χ3v) is 4.62. The molecular formula is C16H16BrNO2. The van der Waals surface area contributed by atoms with Crippen LogP contribution in [-0.4, -0.2) is 6.79 Å². The van der Waals surface area contributed by atoms with Crippen LogP contribution in [0.4, 0.5) is 5.69 Å². The zero-order valence-electron chi connectivity index (χ0n) is 11.5. The maximum absolute atomic E-state index is 5.39. The number of fused-ring (bicyclic) bond motifs is 1. The molecule has 2 aromatic rings. The maximum Gasteiger partial charge on any atom is 0.231 e. The van der Waals surface area contributed by atoms with Crippen LogP contribution in [0.3, 0.4) is 0 Å². The quantitative estimate of drug-likeness (QED) is 0.902. The van der Waals surface area contributed by atoms with Crippen LogP contribution in [0.5, 0.6) is 11.5 Å². The van der Waals surface area contributed by atoms with E-state index in [-0.39, 0.29) is 0 Å². The van der Waals surface area contributed by atoms with Crippen molar-refractivity contribution in [3.63, 3.8) is 0 Å². The summed E-state index contributed by atoms with van der Waals surface area (Å²) in [6.07, 6.45) is 0. The molecule has 0 atom stereocenters. The van der Waals surface area contributed by atoms with Gasteiger partial charge in [0.1, 0.15) is 0 Å². The summed E-state index contributed by atoms with van der Waals surface area (Å²) >= 11 is 3.58. The molecule has 1 N–H and O–H groups in total. The van der Waals surface area contributed by atoms with Gasteiger partial charge in [-0.1, -0.05) is 22.0 Å². The lowest BCUT2D eigenvalue weighted by atomic mass is 10.1. The standard InChI is InChI=1S/C16H16BrNO2/c1-10-5-13(6-11(2)16(10)17)18-8-12-3-4-14-15(7-12)20-9-19-14/h3-7,18H,8-9H2,1-2H3. The van der Waals surface area contributed by atoms with Crippen LogP contribution in [0.1, 0.15) is 16.7 Å². The average molecular weight is 334 g/mol. The van der Waals surface area contributed by atoms with Crippen molar-refractivity contribution < 1.29 is 9.47 Å². The normalized spacial score (nSPS) is 12.6. The molecule has 0 fully saturated rings. The monoisotopic (exact) mass is 333 g/mol. The van der Waals surface area contributed by atoms with E-state index >= 15 is 0 Å². The van der Waals surface area contributed by atoms with Crippen molar-refractivity contribution in [3.8, 4) is 11.5 Å². The molecule has 0 radical (unpaired) electrons. The number of anilines is 1. The molecule has 1 aliphatic rings. The Kier molecular flexibility index (Phi) is 3.57. The summed E-state index contributed by atoms with van der Waals surface area (Å²) in [5, 5.41) is 3.44. The summed E-state index contributed by atoms with van der Waals surface area (Å²) < 4.78 is 11.9. The van der Waals surface area contributed by atoms with Gasteiger partial charge in [0.05, 0.1) is 0 Å². The van der Waals surface area contributed by atoms with Crippen molar-refractivity contribution >= 4 is 21.6 Å². The van der Waals surface area contributed by atoms with Gasteiger partial charge < -0.3 is 14.8 Å². The fraction of sp³-hybridized carbons (Fsp3) is 0.250. The summed E-state index contributed by atoms with van der Waals surface area (Å²) in [6, 6.07) is 10.3. The first-order chi connectivity index (χ1) is 9.63. The van der Waals surface area contributed by atoms with E-state index < -0.39 is 0 Å². The second kappa shape index (κ2) is 5.37. The molecule has 0 spiro atoms. The van der Waals surface area contributed by atoms with E-state index in [2.05, 4.69) is 53.3 Å². The van der Waals surface area contributed by atoms with Crippen LogP contribution < -0.4 is 14.8 Å². The van der Waals surface area contributed by atoms with E-state index in [0.29, 0.717) is 6.79 Å². The van der Waals surface area contributed by atoms with Gasteiger partial charge in [-0.15, -0.1) is 0 Å². The van der Waals surface area contributed by atoms with Crippen molar-refractivity contribution in [2.45, 2.75) is 20.4 Å². The highest BCUT2D eigenvalue weighted by atomic mass is 79.9. The summed E-state index contributed by atoms with van der Waals surface area (Å²) in [4.78, 5) is 0. The minimum atomic E-state index is 0.317. The Morgan fingerprint density at radius 1 is 1.05 bits per heavy atom. The van der Waals surface area contributed by atoms with Crippen LogP contribution in [0.2, 0.25) is 0 Å². The smallest absolute Gasteiger partial charge is 0.231 e. The van der Waals surface area contributed by atoms with E-state index in [4.69, 9.17) is 9.47 Å². The minimum Gasteiger partial charge on any atom is -0.454 e. The molecule has 0 unspecified atom stereocenters. The summed E-state index contributed by atoms with van der Waals surface area (Å²) in [5.74, 6) is 1.65. The molecule has 0 bridgehead atoms. The van der Waals surface area contributed by atoms with Gasteiger partial charge in [0.25, 0.3) is 0 Å². The molecule has 1 heterocycles. The predicted molar refractivity (Wildman–Crippen MR) is 83.5 cm³/mol. The highest BCUT2D eigenvalue weighted by Gasteiger charge is 2.13. The number of halogens is 1. The number of ether oxygens (including phenoxy) is 2. The third kappa shape index (κ3) is 2.61. The number of benzene rings is 2. The Hall–Kier alpha value is -1.68. The second-order valence-electron chi connectivity index (χ2n) is 4.97. The lowest BCUT2D eigenvalue weighted by Gasteiger charge is -2.11. The molecule has 20 heavy (non-hydrogen) atoms. The molecular weight excluding hydrogens is 318 g/mol. The molecule has 0 aromatic heterocycles. The van der Waals surface area contributed by atoms with Crippen molar-refractivity contribution in [2.75, 3.05) is 12.1 Å². The van der Waals surface area contributed by atoms with Gasteiger partial charge in [-0.25, -0.2) is 0 Å². The molecule has 0 amide bonds. The summed E-state index contributed by atoms with van der Waals surface area (Å²) in [7, 11) is 0. The van der Waals surface area contributed by atoms with Gasteiger partial charge in [0, 0.05) is 16.7 Å². The highest BCUT2D eigenvalue weighted by Crippen LogP contribution is 2.33. The Balaban J connectivity index is 1.73. The lowest BCUT2D eigenvalue weighted by molar-refractivity contribution is 0.174. The number of nitrogens with one attached hydrogen (secondary N) is 1. The van der Waals surface area contributed by atoms with E-state index in [1.807, 2.05) is 12.1 Å². The van der Waals surface area contributed by atoms with Crippen molar-refractivity contribution in [2.24, 2.45) is 0 Å². The average Bonchev–Trinajstić information content (AvgIpc) is 2.89. The lowest BCUT2D eigenvalue weighted by Crippen LogP contribution is -2.00. The molecule has 4 heteroatoms. The summed E-state index contributed by atoms with van der Waals surface area (Å²) in [5.41, 5.74) is 4.77. The Labute approximate surface area is 127 Å². The Morgan fingerprint density at radius 3 is 2.50 bits per heavy atom. The Morgan fingerprint density at radius 2 is 1.75 bits per heavy atom. The number of aryl methyl sites for hydroxylation is 2. The van der Waals surface area contributed by atoms with Crippen molar-refractivity contribution in [1.82, 2.24) is 0 Å². The third-order valence-electron chi connectivity index (χ3n) is 3.37. The summed E-state index contributed by atoms with van der Waals surface area (Å²) in [6.45, 7) is 5.28. The van der Waals surface area contributed by atoms with E-state index in [9.17, 15) is 0 Å². The first-order valence-corrected chi connectivity index (χ1v) is 7.32. The first kappa shape index (κ1) is 13.3. The zero-order valence-corrected chi connectivity index (χ0v) is 13.1. The van der Waals surface area contributed by atoms with Gasteiger partial charge in [0.2, 0.25) is 6.79 Å². The first-order valence-electron chi connectivity index (χ1n) is 6.52. The SMILES string of the molecule is Cc1cc(NCc2ccc3c(c2)OCO3)cc(C)c1Br. The fourth-order valence-corrected chi connectivity index (χ4v) is 2.53. The molecule has 0 aliphatic carbocycles. The molecule has 1 aliphatic heterocycles. The number of hydrogen-bond donors (Lipinski definition) is 1. The maximum atomic E-state index is 5.39. The van der Waals surface area contributed by atoms with Crippen LogP contribution in [0, 0.1) is 13.8 Å². The van der Waals surface area contributed by atoms with E-state index in [1.54, 1.807) is 0 Å². The largest absolute Gasteiger partial charge is 0.454 e. The van der Waals surface area contributed by atoms with E-state index in [1.165, 1.54) is 21.2 Å². The van der Waals surface area contributed by atoms with Gasteiger partial charge >= 0.3 is 0 Å². The molecule has 3 nitrogen and oxygen atoms in total. The van der Waals surface area contributed by atoms with Crippen LogP contribution in [0.15, 0.2) is 34.8 Å². The van der Waals surface area contributed by atoms with Crippen LogP contribution >= 0.6 is 15.9 Å². The molecule has 3 rings (SSSR count). The second-order valence-corrected chi connectivity index (χ2v) is 5.76. The fourth-order valence-electron chi connectivity index (χ4n) is 2.30. The van der Waals surface area contributed by atoms with Crippen molar-refractivity contribution in [3.05, 3.63) is 51.5 Å². The minimum absolute atomic E-state index is 0.317. The van der Waals surface area contributed by atoms with Gasteiger partial charge in [-0.2, -0.15) is 0 Å². The molecule has 0 saturated heterocycles. The molecule has 2 aromatic carbocycles. The zero-order chi connectivity index (χ0) is 14.1. The highest BCUT2D eigenvalue weighted by molar-refractivity contribution is 9.10. The number of rotatable bonds is 3. The van der Waals surface area contributed by atoms with Gasteiger partial charge in [-0.05, 0) is 54.8 Å². The topological polar surface area (TPSA) is 30.5 Å². The van der Waals surface area contributed by atoms with Gasteiger partial charge in [0.15, 0.2) is 11.5 Å². The van der Waals surface area contributed by atoms with Gasteiger partial charge in [-0.3, -0.25) is 0 Å². The van der Waals surface area contributed by atoms with E-state index in [0.717, 1.165) is 23.7 Å². The predicted octanol–water partition coefficient (Wildman–Crippen LogP) is 4.41. The van der Waals surface area contributed by atoms with Crippen molar-refractivity contribution in [1.29, 1.82) is 0 Å². The Bertz CT molecular complexity index is 632. The van der Waals surface area contributed by atoms with Crippen LogP contribution in [-0.2, 0) is 6.54 Å².